The fourth-order valence-electron chi connectivity index (χ4n) is 3.93. The largest absolute Gasteiger partial charge is 0.497 e. The van der Waals surface area contributed by atoms with Crippen LogP contribution in [-0.2, 0) is 12.8 Å². The zero-order valence-corrected chi connectivity index (χ0v) is 16.2. The average molecular weight is 372 g/mol. The van der Waals surface area contributed by atoms with Crippen molar-refractivity contribution in [2.75, 3.05) is 19.5 Å². The molecule has 6 heteroatoms. The summed E-state index contributed by atoms with van der Waals surface area (Å²) in [6.45, 7) is 2.25. The van der Waals surface area contributed by atoms with Gasteiger partial charge in [0.05, 0.1) is 19.8 Å². The summed E-state index contributed by atoms with van der Waals surface area (Å²) in [5.74, 6) is 2.17. The average Bonchev–Trinajstić information content (AvgIpc) is 3.05. The number of ether oxygens (including phenoxy) is 2. The highest BCUT2D eigenvalue weighted by atomic mass is 32.1. The van der Waals surface area contributed by atoms with Gasteiger partial charge in [-0.2, -0.15) is 0 Å². The van der Waals surface area contributed by atoms with E-state index in [1.54, 1.807) is 25.6 Å². The Labute approximate surface area is 157 Å². The molecule has 1 aromatic heterocycles. The second-order valence-electron chi connectivity index (χ2n) is 6.88. The van der Waals surface area contributed by atoms with E-state index in [0.717, 1.165) is 40.6 Å². The summed E-state index contributed by atoms with van der Waals surface area (Å²) < 4.78 is 10.8. The molecule has 2 N–H and O–H groups in total. The quantitative estimate of drug-likeness (QED) is 0.847. The monoisotopic (exact) mass is 372 g/mol. The van der Waals surface area contributed by atoms with Crippen LogP contribution in [0.25, 0.3) is 0 Å². The molecule has 0 saturated carbocycles. The molecule has 26 heavy (non-hydrogen) atoms. The van der Waals surface area contributed by atoms with Crippen molar-refractivity contribution in [2.45, 2.75) is 38.8 Å². The van der Waals surface area contributed by atoms with E-state index in [4.69, 9.17) is 9.47 Å². The molecule has 4 rings (SSSR count). The smallest absolute Gasteiger partial charge is 0.256 e. The number of nitrogens with one attached hydrogen (secondary N) is 2. The third-order valence-corrected chi connectivity index (χ3v) is 6.66. The number of carbonyl (C=O) groups excluding carboxylic acids is 1. The third-order valence-electron chi connectivity index (χ3n) is 5.47. The Bertz CT molecular complexity index is 846. The summed E-state index contributed by atoms with van der Waals surface area (Å²) in [7, 11) is 3.25. The first-order chi connectivity index (χ1) is 12.6. The Hall–Kier alpha value is -2.21. The predicted molar refractivity (Wildman–Crippen MR) is 104 cm³/mol. The summed E-state index contributed by atoms with van der Waals surface area (Å²) in [5.41, 5.74) is 2.99. The van der Waals surface area contributed by atoms with Gasteiger partial charge in [0.25, 0.3) is 5.91 Å². The molecule has 0 saturated heterocycles. The van der Waals surface area contributed by atoms with Crippen molar-refractivity contribution in [1.82, 2.24) is 5.32 Å². The first-order valence-corrected chi connectivity index (χ1v) is 9.90. The van der Waals surface area contributed by atoms with Gasteiger partial charge in [0, 0.05) is 16.5 Å². The number of thiophene rings is 1. The number of carbonyl (C=O) groups is 1. The van der Waals surface area contributed by atoms with Crippen LogP contribution in [0, 0.1) is 5.92 Å². The molecule has 0 unspecified atom stereocenters. The van der Waals surface area contributed by atoms with Gasteiger partial charge in [-0.3, -0.25) is 4.79 Å². The lowest BCUT2D eigenvalue weighted by molar-refractivity contribution is 0.0934. The van der Waals surface area contributed by atoms with Crippen LogP contribution in [0.1, 0.15) is 52.3 Å². The van der Waals surface area contributed by atoms with Gasteiger partial charge < -0.3 is 20.1 Å². The van der Waals surface area contributed by atoms with Gasteiger partial charge in [-0.15, -0.1) is 11.3 Å². The molecule has 2 heterocycles. The van der Waals surface area contributed by atoms with Gasteiger partial charge in [-0.25, -0.2) is 0 Å². The van der Waals surface area contributed by atoms with E-state index in [9.17, 15) is 4.79 Å². The van der Waals surface area contributed by atoms with Gasteiger partial charge in [0.1, 0.15) is 22.7 Å². The van der Waals surface area contributed by atoms with Crippen molar-refractivity contribution < 1.29 is 14.3 Å². The molecule has 2 aliphatic rings. The molecule has 138 valence electrons. The predicted octanol–water partition coefficient (Wildman–Crippen LogP) is 4.13. The minimum atomic E-state index is -0.307. The highest BCUT2D eigenvalue weighted by Crippen LogP contribution is 2.44. The summed E-state index contributed by atoms with van der Waals surface area (Å²) in [5, 5.41) is 7.59. The lowest BCUT2D eigenvalue weighted by atomic mass is 9.85. The first-order valence-electron chi connectivity index (χ1n) is 9.08. The van der Waals surface area contributed by atoms with Crippen LogP contribution in [0.3, 0.4) is 0 Å². The zero-order valence-electron chi connectivity index (χ0n) is 15.3. The van der Waals surface area contributed by atoms with E-state index >= 15 is 0 Å². The van der Waals surface area contributed by atoms with E-state index in [1.807, 2.05) is 18.2 Å². The number of benzene rings is 1. The SMILES string of the molecule is CC[C@@H]1CCc2c(sc3c2C(=O)N[C@@H](c2ccc(OC)cc2OC)N3)C1. The van der Waals surface area contributed by atoms with Gasteiger partial charge in [0.2, 0.25) is 0 Å². The van der Waals surface area contributed by atoms with Crippen LogP contribution in [0.5, 0.6) is 11.5 Å². The molecule has 2 atom stereocenters. The Morgan fingerprint density at radius 1 is 1.23 bits per heavy atom. The number of hydrogen-bond donors (Lipinski definition) is 2. The number of rotatable bonds is 4. The van der Waals surface area contributed by atoms with Gasteiger partial charge >= 0.3 is 0 Å². The van der Waals surface area contributed by atoms with Gasteiger partial charge in [0.15, 0.2) is 0 Å². The fourth-order valence-corrected chi connectivity index (χ4v) is 5.31. The normalized spacial score (nSPS) is 21.3. The fraction of sp³-hybridized carbons (Fsp3) is 0.450. The van der Waals surface area contributed by atoms with Crippen LogP contribution < -0.4 is 20.1 Å². The van der Waals surface area contributed by atoms with Crippen LogP contribution in [-0.4, -0.2) is 20.1 Å². The third kappa shape index (κ3) is 2.82. The van der Waals surface area contributed by atoms with Gasteiger partial charge in [-0.05, 0) is 42.9 Å². The van der Waals surface area contributed by atoms with Crippen molar-refractivity contribution in [1.29, 1.82) is 0 Å². The van der Waals surface area contributed by atoms with E-state index in [2.05, 4.69) is 17.6 Å². The maximum Gasteiger partial charge on any atom is 0.256 e. The van der Waals surface area contributed by atoms with Crippen LogP contribution in [0.2, 0.25) is 0 Å². The van der Waals surface area contributed by atoms with E-state index in [0.29, 0.717) is 5.75 Å². The topological polar surface area (TPSA) is 59.6 Å². The minimum Gasteiger partial charge on any atom is -0.497 e. The minimum absolute atomic E-state index is 0.00840. The summed E-state index contributed by atoms with van der Waals surface area (Å²) in [4.78, 5) is 14.2. The van der Waals surface area contributed by atoms with Crippen molar-refractivity contribution in [3.63, 3.8) is 0 Å². The molecule has 5 nitrogen and oxygen atoms in total. The van der Waals surface area contributed by atoms with Gasteiger partial charge in [-0.1, -0.05) is 13.3 Å². The number of methoxy groups -OCH3 is 2. The zero-order chi connectivity index (χ0) is 18.3. The van der Waals surface area contributed by atoms with E-state index < -0.39 is 0 Å². The van der Waals surface area contributed by atoms with Crippen molar-refractivity contribution in [3.05, 3.63) is 39.8 Å². The number of amides is 1. The van der Waals surface area contributed by atoms with Crippen LogP contribution in [0.4, 0.5) is 5.00 Å². The Kier molecular flexibility index (Phi) is 4.53. The summed E-state index contributed by atoms with van der Waals surface area (Å²) in [6, 6.07) is 5.65. The first kappa shape index (κ1) is 17.2. The molecule has 1 aromatic carbocycles. The second kappa shape index (κ2) is 6.83. The summed E-state index contributed by atoms with van der Waals surface area (Å²) >= 11 is 1.74. The number of anilines is 1. The standard InChI is InChI=1S/C20H24N2O3S/c1-4-11-5-7-14-16(9-11)26-20-17(14)19(23)21-18(22-20)13-8-6-12(24-2)10-15(13)25-3/h6,8,10-11,18,22H,4-5,7,9H2,1-3H3,(H,21,23)/t11-,18-/m1/s1. The molecule has 1 amide bonds. The number of hydrogen-bond acceptors (Lipinski definition) is 5. The molecule has 2 aromatic rings. The second-order valence-corrected chi connectivity index (χ2v) is 7.99. The van der Waals surface area contributed by atoms with Crippen molar-refractivity contribution in [2.24, 2.45) is 5.92 Å². The maximum atomic E-state index is 12.9. The summed E-state index contributed by atoms with van der Waals surface area (Å²) in [6.07, 6.45) is 4.17. The van der Waals surface area contributed by atoms with Crippen molar-refractivity contribution in [3.8, 4) is 11.5 Å². The highest BCUT2D eigenvalue weighted by molar-refractivity contribution is 7.16. The van der Waals surface area contributed by atoms with E-state index in [1.165, 1.54) is 23.3 Å². The highest BCUT2D eigenvalue weighted by Gasteiger charge is 2.34. The molecule has 1 aliphatic carbocycles. The molecule has 0 spiro atoms. The van der Waals surface area contributed by atoms with Crippen LogP contribution in [0.15, 0.2) is 18.2 Å². The Balaban J connectivity index is 1.67. The maximum absolute atomic E-state index is 12.9. The number of fused-ring (bicyclic) bond motifs is 3. The molecule has 0 fully saturated rings. The molecule has 1 aliphatic heterocycles. The Morgan fingerprint density at radius 2 is 2.08 bits per heavy atom. The Morgan fingerprint density at radius 3 is 2.81 bits per heavy atom. The van der Waals surface area contributed by atoms with Crippen molar-refractivity contribution >= 4 is 22.2 Å². The lowest BCUT2D eigenvalue weighted by Gasteiger charge is -2.28. The molecule has 0 radical (unpaired) electrons. The van der Waals surface area contributed by atoms with Crippen LogP contribution >= 0.6 is 11.3 Å². The molecular formula is C20H24N2O3S. The molecular weight excluding hydrogens is 348 g/mol. The molecule has 0 bridgehead atoms. The van der Waals surface area contributed by atoms with E-state index in [-0.39, 0.29) is 12.1 Å². The lowest BCUT2D eigenvalue weighted by Crippen LogP contribution is -2.38.